The van der Waals surface area contributed by atoms with Gasteiger partial charge in [0, 0.05) is 6.54 Å². The van der Waals surface area contributed by atoms with Crippen LogP contribution in [0.4, 0.5) is 0 Å². The van der Waals surface area contributed by atoms with Gasteiger partial charge in [0.25, 0.3) is 0 Å². The van der Waals surface area contributed by atoms with Crippen LogP contribution < -0.4 is 9.47 Å². The Morgan fingerprint density at radius 2 is 1.24 bits per heavy atom. The molecule has 0 amide bonds. The fourth-order valence-corrected chi connectivity index (χ4v) is 3.45. The first-order valence-electron chi connectivity index (χ1n) is 10.0. The summed E-state index contributed by atoms with van der Waals surface area (Å²) >= 11 is 0. The van der Waals surface area contributed by atoms with Crippen molar-refractivity contribution in [1.29, 1.82) is 0 Å². The Labute approximate surface area is 173 Å². The molecule has 29 heavy (non-hydrogen) atoms. The monoisotopic (exact) mass is 391 g/mol. The first-order valence-corrected chi connectivity index (χ1v) is 10.0. The van der Waals surface area contributed by atoms with Gasteiger partial charge in [-0.05, 0) is 49.4 Å². The molecule has 0 aliphatic heterocycles. The minimum Gasteiger partial charge on any atom is -0.494 e. The van der Waals surface area contributed by atoms with Crippen molar-refractivity contribution in [3.8, 4) is 11.5 Å². The standard InChI is InChI=1S/C25H29NO3/c1-3-28-23-14-16-24(17-15-23)29-19-22(27)18-26(2)25(20-10-6-4-7-11-20)21-12-8-5-9-13-21/h4-17,22,25,27H,3,18-19H2,1-2H3/t22-/m0/s1. The van der Waals surface area contributed by atoms with E-state index in [4.69, 9.17) is 9.47 Å². The van der Waals surface area contributed by atoms with Gasteiger partial charge in [-0.15, -0.1) is 0 Å². The number of aliphatic hydroxyl groups excluding tert-OH is 1. The van der Waals surface area contributed by atoms with E-state index >= 15 is 0 Å². The van der Waals surface area contributed by atoms with Crippen LogP contribution in [0.5, 0.6) is 11.5 Å². The first-order chi connectivity index (χ1) is 14.2. The average Bonchev–Trinajstić information content (AvgIpc) is 2.75. The lowest BCUT2D eigenvalue weighted by molar-refractivity contribution is 0.0681. The van der Waals surface area contributed by atoms with E-state index in [0.29, 0.717) is 13.2 Å². The van der Waals surface area contributed by atoms with Crippen LogP contribution in [0.15, 0.2) is 84.9 Å². The van der Waals surface area contributed by atoms with Gasteiger partial charge in [-0.1, -0.05) is 60.7 Å². The molecule has 152 valence electrons. The molecule has 0 aromatic heterocycles. The number of aliphatic hydroxyl groups is 1. The summed E-state index contributed by atoms with van der Waals surface area (Å²) in [7, 11) is 2.03. The Hall–Kier alpha value is -2.82. The Balaban J connectivity index is 1.62. The van der Waals surface area contributed by atoms with Gasteiger partial charge in [0.15, 0.2) is 0 Å². The van der Waals surface area contributed by atoms with E-state index in [9.17, 15) is 5.11 Å². The van der Waals surface area contributed by atoms with Gasteiger partial charge in [-0.2, -0.15) is 0 Å². The number of nitrogens with zero attached hydrogens (tertiary/aromatic N) is 1. The lowest BCUT2D eigenvalue weighted by Gasteiger charge is -2.30. The number of rotatable bonds is 10. The van der Waals surface area contributed by atoms with Crippen molar-refractivity contribution in [1.82, 2.24) is 4.90 Å². The summed E-state index contributed by atoms with van der Waals surface area (Å²) in [6, 6.07) is 28.2. The van der Waals surface area contributed by atoms with Gasteiger partial charge < -0.3 is 14.6 Å². The molecule has 0 radical (unpaired) electrons. The maximum Gasteiger partial charge on any atom is 0.119 e. The highest BCUT2D eigenvalue weighted by molar-refractivity contribution is 5.32. The summed E-state index contributed by atoms with van der Waals surface area (Å²) in [4.78, 5) is 2.16. The highest BCUT2D eigenvalue weighted by Crippen LogP contribution is 2.27. The minimum atomic E-state index is -0.610. The fourth-order valence-electron chi connectivity index (χ4n) is 3.45. The molecule has 1 atom stereocenters. The third kappa shape index (κ3) is 6.08. The van der Waals surface area contributed by atoms with E-state index < -0.39 is 6.10 Å². The summed E-state index contributed by atoms with van der Waals surface area (Å²) in [5, 5.41) is 10.6. The van der Waals surface area contributed by atoms with Gasteiger partial charge in [-0.3, -0.25) is 4.90 Å². The predicted molar refractivity (Wildman–Crippen MR) is 116 cm³/mol. The largest absolute Gasteiger partial charge is 0.494 e. The summed E-state index contributed by atoms with van der Waals surface area (Å²) in [5.41, 5.74) is 2.39. The van der Waals surface area contributed by atoms with Crippen LogP contribution in [0, 0.1) is 0 Å². The van der Waals surface area contributed by atoms with Crippen molar-refractivity contribution in [2.45, 2.75) is 19.1 Å². The van der Waals surface area contributed by atoms with Crippen molar-refractivity contribution >= 4 is 0 Å². The van der Waals surface area contributed by atoms with Gasteiger partial charge in [0.2, 0.25) is 0 Å². The second-order valence-electron chi connectivity index (χ2n) is 7.03. The van der Waals surface area contributed by atoms with Crippen molar-refractivity contribution in [3.05, 3.63) is 96.1 Å². The second kappa shape index (κ2) is 10.6. The zero-order valence-corrected chi connectivity index (χ0v) is 17.1. The molecule has 3 aromatic carbocycles. The third-order valence-corrected chi connectivity index (χ3v) is 4.75. The normalized spacial score (nSPS) is 12.2. The van der Waals surface area contributed by atoms with Crippen molar-refractivity contribution in [2.75, 3.05) is 26.8 Å². The molecule has 0 heterocycles. The molecular weight excluding hydrogens is 362 g/mol. The van der Waals surface area contributed by atoms with E-state index in [2.05, 4.69) is 29.2 Å². The van der Waals surface area contributed by atoms with Crippen molar-refractivity contribution < 1.29 is 14.6 Å². The third-order valence-electron chi connectivity index (χ3n) is 4.75. The molecule has 0 fully saturated rings. The van der Waals surface area contributed by atoms with Crippen molar-refractivity contribution in [2.24, 2.45) is 0 Å². The Kier molecular flexibility index (Phi) is 7.68. The molecule has 0 aliphatic rings. The molecule has 0 unspecified atom stereocenters. The predicted octanol–water partition coefficient (Wildman–Crippen LogP) is 4.55. The quantitative estimate of drug-likeness (QED) is 0.551. The summed E-state index contributed by atoms with van der Waals surface area (Å²) < 4.78 is 11.2. The van der Waals surface area contributed by atoms with E-state index in [1.807, 2.05) is 74.6 Å². The first kappa shape index (κ1) is 20.9. The summed E-state index contributed by atoms with van der Waals surface area (Å²) in [6.07, 6.45) is -0.610. The molecule has 3 rings (SSSR count). The molecule has 0 aliphatic carbocycles. The fraction of sp³-hybridized carbons (Fsp3) is 0.280. The molecular formula is C25H29NO3. The van der Waals surface area contributed by atoms with Gasteiger partial charge in [-0.25, -0.2) is 0 Å². The Bertz CT molecular complexity index is 797. The molecule has 0 saturated heterocycles. The smallest absolute Gasteiger partial charge is 0.119 e. The number of hydrogen-bond donors (Lipinski definition) is 1. The SMILES string of the molecule is CCOc1ccc(OC[C@@H](O)CN(C)C(c2ccccc2)c2ccccc2)cc1. The van der Waals surface area contributed by atoms with E-state index in [0.717, 1.165) is 11.5 Å². The topological polar surface area (TPSA) is 41.9 Å². The van der Waals surface area contributed by atoms with E-state index in [1.165, 1.54) is 11.1 Å². The highest BCUT2D eigenvalue weighted by atomic mass is 16.5. The number of likely N-dealkylation sites (N-methyl/N-ethyl adjacent to an activating group) is 1. The Morgan fingerprint density at radius 1 is 0.759 bits per heavy atom. The number of hydrogen-bond acceptors (Lipinski definition) is 4. The summed E-state index contributed by atoms with van der Waals surface area (Å²) in [6.45, 7) is 3.31. The molecule has 1 N–H and O–H groups in total. The highest BCUT2D eigenvalue weighted by Gasteiger charge is 2.21. The van der Waals surface area contributed by atoms with Crippen LogP contribution in [0.2, 0.25) is 0 Å². The Morgan fingerprint density at radius 3 is 1.72 bits per heavy atom. The number of benzene rings is 3. The van der Waals surface area contributed by atoms with E-state index in [-0.39, 0.29) is 12.6 Å². The maximum atomic E-state index is 10.6. The zero-order valence-electron chi connectivity index (χ0n) is 17.1. The molecule has 0 spiro atoms. The van der Waals surface area contributed by atoms with Crippen LogP contribution in [0.1, 0.15) is 24.1 Å². The zero-order chi connectivity index (χ0) is 20.5. The molecule has 3 aromatic rings. The number of ether oxygens (including phenoxy) is 2. The second-order valence-corrected chi connectivity index (χ2v) is 7.03. The van der Waals surface area contributed by atoms with Crippen molar-refractivity contribution in [3.63, 3.8) is 0 Å². The maximum absolute atomic E-state index is 10.6. The lowest BCUT2D eigenvalue weighted by atomic mass is 9.97. The van der Waals surface area contributed by atoms with Crippen LogP contribution in [0.3, 0.4) is 0 Å². The van der Waals surface area contributed by atoms with Gasteiger partial charge in [0.1, 0.15) is 24.2 Å². The minimum absolute atomic E-state index is 0.0672. The lowest BCUT2D eigenvalue weighted by Crippen LogP contribution is -2.36. The molecule has 0 saturated carbocycles. The van der Waals surface area contributed by atoms with Crippen LogP contribution in [-0.2, 0) is 0 Å². The average molecular weight is 392 g/mol. The molecule has 0 bridgehead atoms. The molecule has 4 nitrogen and oxygen atoms in total. The van der Waals surface area contributed by atoms with E-state index in [1.54, 1.807) is 0 Å². The molecule has 4 heteroatoms. The van der Waals surface area contributed by atoms with Crippen LogP contribution >= 0.6 is 0 Å². The van der Waals surface area contributed by atoms with Gasteiger partial charge in [0.05, 0.1) is 12.6 Å². The van der Waals surface area contributed by atoms with Crippen LogP contribution in [0.25, 0.3) is 0 Å². The summed E-state index contributed by atoms with van der Waals surface area (Å²) in [5.74, 6) is 1.53. The van der Waals surface area contributed by atoms with Crippen LogP contribution in [-0.4, -0.2) is 42.9 Å². The van der Waals surface area contributed by atoms with Gasteiger partial charge >= 0.3 is 0 Å².